The molecule has 0 atom stereocenters. The van der Waals surface area contributed by atoms with Crippen molar-refractivity contribution in [3.63, 3.8) is 0 Å². The molecular formula is C27H30ClF2NO5. The van der Waals surface area contributed by atoms with Gasteiger partial charge < -0.3 is 19.9 Å². The number of carbonyl (C=O) groups excluding carboxylic acids is 1. The first-order valence-corrected chi connectivity index (χ1v) is 12.4. The number of rotatable bonds is 8. The van der Waals surface area contributed by atoms with Crippen LogP contribution in [0.1, 0.15) is 62.2 Å². The number of hydrogen-bond acceptors (Lipinski definition) is 4. The third-order valence-corrected chi connectivity index (χ3v) is 7.45. The van der Waals surface area contributed by atoms with E-state index in [1.807, 2.05) is 0 Å². The van der Waals surface area contributed by atoms with Crippen LogP contribution < -0.4 is 14.8 Å². The normalized spacial score (nSPS) is 23.4. The molecule has 2 aliphatic rings. The van der Waals surface area contributed by atoms with Crippen LogP contribution in [0.2, 0.25) is 5.02 Å². The molecule has 194 valence electrons. The lowest BCUT2D eigenvalue weighted by molar-refractivity contribution is -0.139. The summed E-state index contributed by atoms with van der Waals surface area (Å²) in [6.45, 7) is 2.12. The Balaban J connectivity index is 1.64. The molecule has 2 saturated carbocycles. The maximum absolute atomic E-state index is 13.4. The molecule has 0 aliphatic heterocycles. The van der Waals surface area contributed by atoms with Crippen LogP contribution in [0.25, 0.3) is 11.1 Å². The van der Waals surface area contributed by atoms with Crippen molar-refractivity contribution in [2.75, 3.05) is 7.11 Å². The van der Waals surface area contributed by atoms with Gasteiger partial charge in [-0.25, -0.2) is 8.78 Å². The monoisotopic (exact) mass is 521 g/mol. The third-order valence-electron chi connectivity index (χ3n) is 7.15. The van der Waals surface area contributed by atoms with Gasteiger partial charge in [0.25, 0.3) is 11.8 Å². The molecule has 2 fully saturated rings. The molecule has 2 aromatic rings. The molecule has 9 heteroatoms. The number of hydrogen-bond donors (Lipinski definition) is 2. The number of carboxylic acid groups (broad SMARTS) is 1. The van der Waals surface area contributed by atoms with Gasteiger partial charge in [0.15, 0.2) is 0 Å². The minimum atomic E-state index is -2.73. The summed E-state index contributed by atoms with van der Waals surface area (Å²) in [7, 11) is 1.50. The number of carboxylic acids is 1. The maximum Gasteiger partial charge on any atom is 0.305 e. The summed E-state index contributed by atoms with van der Waals surface area (Å²) in [6, 6.07) is 9.87. The molecule has 1 amide bonds. The lowest BCUT2D eigenvalue weighted by Gasteiger charge is -2.39. The van der Waals surface area contributed by atoms with E-state index in [1.165, 1.54) is 7.11 Å². The van der Waals surface area contributed by atoms with Gasteiger partial charge in [0.05, 0.1) is 24.1 Å². The zero-order chi connectivity index (χ0) is 26.1. The molecular weight excluding hydrogens is 492 g/mol. The highest BCUT2D eigenvalue weighted by Crippen LogP contribution is 2.43. The van der Waals surface area contributed by atoms with Gasteiger partial charge in [-0.2, -0.15) is 0 Å². The molecule has 0 heterocycles. The summed E-state index contributed by atoms with van der Waals surface area (Å²) in [4.78, 5) is 24.9. The fourth-order valence-corrected chi connectivity index (χ4v) is 5.22. The van der Waals surface area contributed by atoms with Crippen LogP contribution in [0, 0.1) is 5.92 Å². The first-order chi connectivity index (χ1) is 17.0. The highest BCUT2D eigenvalue weighted by Gasteiger charge is 2.47. The Morgan fingerprint density at radius 2 is 1.78 bits per heavy atom. The smallest absolute Gasteiger partial charge is 0.305 e. The van der Waals surface area contributed by atoms with E-state index in [1.54, 1.807) is 36.4 Å². The Kier molecular flexibility index (Phi) is 7.46. The minimum absolute atomic E-state index is 0.149. The number of amides is 1. The fraction of sp³-hybridized carbons (Fsp3) is 0.481. The van der Waals surface area contributed by atoms with Gasteiger partial charge in [-0.3, -0.25) is 9.59 Å². The number of carbonyl (C=O) groups is 2. The van der Waals surface area contributed by atoms with Crippen LogP contribution in [0.3, 0.4) is 0 Å². The topological polar surface area (TPSA) is 84.9 Å². The van der Waals surface area contributed by atoms with Crippen molar-refractivity contribution < 1.29 is 33.0 Å². The van der Waals surface area contributed by atoms with Crippen molar-refractivity contribution in [2.45, 2.75) is 69.4 Å². The van der Waals surface area contributed by atoms with Gasteiger partial charge in [-0.1, -0.05) is 24.6 Å². The van der Waals surface area contributed by atoms with E-state index in [4.69, 9.17) is 21.1 Å². The Hall–Kier alpha value is -2.87. The van der Waals surface area contributed by atoms with Gasteiger partial charge in [-0.15, -0.1) is 0 Å². The molecule has 4 rings (SSSR count). The zero-order valence-corrected chi connectivity index (χ0v) is 21.0. The van der Waals surface area contributed by atoms with E-state index in [9.17, 15) is 23.5 Å². The van der Waals surface area contributed by atoms with Crippen molar-refractivity contribution >= 4 is 23.5 Å². The first-order valence-electron chi connectivity index (χ1n) is 12.1. The molecule has 0 spiro atoms. The molecule has 2 aliphatic carbocycles. The van der Waals surface area contributed by atoms with Crippen molar-refractivity contribution in [3.8, 4) is 22.6 Å². The second-order valence-electron chi connectivity index (χ2n) is 10.1. The number of halogens is 3. The lowest BCUT2D eigenvalue weighted by atomic mass is 9.75. The minimum Gasteiger partial charge on any atom is -0.495 e. The number of benzene rings is 2. The number of aliphatic carboxylic acids is 1. The first kappa shape index (κ1) is 26.2. The zero-order valence-electron chi connectivity index (χ0n) is 20.3. The van der Waals surface area contributed by atoms with E-state index in [2.05, 4.69) is 12.2 Å². The predicted octanol–water partition coefficient (Wildman–Crippen LogP) is 6.35. The Bertz CT molecular complexity index is 1140. The summed E-state index contributed by atoms with van der Waals surface area (Å²) < 4.78 is 37.9. The summed E-state index contributed by atoms with van der Waals surface area (Å²) in [6.07, 6.45) is 1.33. The predicted molar refractivity (Wildman–Crippen MR) is 132 cm³/mol. The van der Waals surface area contributed by atoms with Gasteiger partial charge >= 0.3 is 5.97 Å². The second-order valence-corrected chi connectivity index (χ2v) is 10.5. The van der Waals surface area contributed by atoms with Crippen molar-refractivity contribution in [1.82, 2.24) is 5.32 Å². The highest BCUT2D eigenvalue weighted by molar-refractivity contribution is 6.32. The molecule has 36 heavy (non-hydrogen) atoms. The summed E-state index contributed by atoms with van der Waals surface area (Å²) >= 11 is 6.32. The molecule has 0 aromatic heterocycles. The van der Waals surface area contributed by atoms with Crippen molar-refractivity contribution in [1.29, 1.82) is 0 Å². The van der Waals surface area contributed by atoms with Gasteiger partial charge in [0, 0.05) is 24.0 Å². The Morgan fingerprint density at radius 1 is 1.11 bits per heavy atom. The van der Waals surface area contributed by atoms with E-state index in [0.717, 1.165) is 12.8 Å². The summed E-state index contributed by atoms with van der Waals surface area (Å²) in [5, 5.41) is 12.8. The van der Waals surface area contributed by atoms with Crippen molar-refractivity contribution in [2.24, 2.45) is 5.92 Å². The largest absolute Gasteiger partial charge is 0.495 e. The van der Waals surface area contributed by atoms with Crippen molar-refractivity contribution in [3.05, 3.63) is 47.0 Å². The van der Waals surface area contributed by atoms with Crippen LogP contribution in [0.5, 0.6) is 11.5 Å². The Morgan fingerprint density at radius 3 is 2.36 bits per heavy atom. The molecule has 6 nitrogen and oxygen atoms in total. The van der Waals surface area contributed by atoms with E-state index in [0.29, 0.717) is 52.0 Å². The van der Waals surface area contributed by atoms with E-state index < -0.39 is 29.4 Å². The SMILES string of the molecule is COc1ccc(-c2cc(C(=O)NC3(CC(=O)O)CCC(C)CC3)ccc2OC2CC(F)(F)C2)cc1Cl. The second kappa shape index (κ2) is 10.2. The third kappa shape index (κ3) is 5.91. The van der Waals surface area contributed by atoms with Crippen LogP contribution in [-0.2, 0) is 4.79 Å². The highest BCUT2D eigenvalue weighted by atomic mass is 35.5. The lowest BCUT2D eigenvalue weighted by Crippen LogP contribution is -2.51. The quantitative estimate of drug-likeness (QED) is 0.423. The maximum atomic E-state index is 13.4. The molecule has 0 unspecified atom stereocenters. The van der Waals surface area contributed by atoms with Crippen LogP contribution in [-0.4, -0.2) is 41.7 Å². The molecule has 2 N–H and O–H groups in total. The average molecular weight is 522 g/mol. The fourth-order valence-electron chi connectivity index (χ4n) is 4.97. The van der Waals surface area contributed by atoms with Crippen LogP contribution in [0.4, 0.5) is 8.78 Å². The standard InChI is InChI=1S/C27H30ClF2NO5/c1-16-7-9-26(10-8-16,15-24(32)33)31-25(34)18-4-5-22(36-19-13-27(29,30)14-19)20(11-18)17-3-6-23(35-2)21(28)12-17/h3-6,11-12,16,19H,7-10,13-15H2,1-2H3,(H,31,34)(H,32,33). The Labute approximate surface area is 213 Å². The van der Waals surface area contributed by atoms with Crippen LogP contribution in [0.15, 0.2) is 36.4 Å². The molecule has 0 saturated heterocycles. The van der Waals surface area contributed by atoms with Gasteiger partial charge in [0.1, 0.15) is 17.6 Å². The number of methoxy groups -OCH3 is 1. The van der Waals surface area contributed by atoms with Gasteiger partial charge in [-0.05, 0) is 67.5 Å². The number of ether oxygens (including phenoxy) is 2. The van der Waals surface area contributed by atoms with E-state index >= 15 is 0 Å². The number of nitrogens with one attached hydrogen (secondary N) is 1. The summed E-state index contributed by atoms with van der Waals surface area (Å²) in [5.74, 6) is -2.78. The molecule has 0 bridgehead atoms. The number of alkyl halides is 2. The summed E-state index contributed by atoms with van der Waals surface area (Å²) in [5.41, 5.74) is 0.646. The molecule has 2 aromatic carbocycles. The van der Waals surface area contributed by atoms with E-state index in [-0.39, 0.29) is 19.3 Å². The van der Waals surface area contributed by atoms with Gasteiger partial charge in [0.2, 0.25) is 0 Å². The molecule has 0 radical (unpaired) electrons. The van der Waals surface area contributed by atoms with Crippen LogP contribution >= 0.6 is 11.6 Å². The average Bonchev–Trinajstić information content (AvgIpc) is 2.79.